The minimum atomic E-state index is -0.420. The van der Waals surface area contributed by atoms with Crippen molar-refractivity contribution in [1.82, 2.24) is 0 Å². The summed E-state index contributed by atoms with van der Waals surface area (Å²) in [6.45, 7) is 12.3. The number of carbonyl (C=O) groups excluding carboxylic acids is 1. The van der Waals surface area contributed by atoms with Crippen molar-refractivity contribution in [2.45, 2.75) is 66.0 Å². The maximum absolute atomic E-state index is 12.0. The lowest BCUT2D eigenvalue weighted by Crippen LogP contribution is -2.42. The molecule has 0 saturated heterocycles. The molecule has 0 aromatic carbocycles. The summed E-state index contributed by atoms with van der Waals surface area (Å²) in [5.41, 5.74) is 5.97. The number of ether oxygens (including phenoxy) is 1. The molecule has 0 aliphatic heterocycles. The monoisotopic (exact) mass is 277 g/mol. The Kier molecular flexibility index (Phi) is 5.70. The Bertz CT molecular complexity index is 291. The van der Waals surface area contributed by atoms with Gasteiger partial charge in [-0.15, -0.1) is 12.4 Å². The fourth-order valence-electron chi connectivity index (χ4n) is 2.69. The van der Waals surface area contributed by atoms with Crippen LogP contribution in [0.2, 0.25) is 0 Å². The third-order valence-electron chi connectivity index (χ3n) is 3.54. The Balaban J connectivity index is 0.00000289. The summed E-state index contributed by atoms with van der Waals surface area (Å²) in [6, 6.07) is -0.0650. The van der Waals surface area contributed by atoms with E-state index in [0.717, 1.165) is 12.8 Å². The van der Waals surface area contributed by atoms with Crippen LogP contribution in [0.15, 0.2) is 0 Å². The zero-order valence-electron chi connectivity index (χ0n) is 12.4. The van der Waals surface area contributed by atoms with Crippen molar-refractivity contribution in [2.75, 3.05) is 0 Å². The number of rotatable bonds is 1. The van der Waals surface area contributed by atoms with Crippen LogP contribution in [-0.4, -0.2) is 17.6 Å². The zero-order valence-corrected chi connectivity index (χ0v) is 13.3. The molecule has 2 N–H and O–H groups in total. The van der Waals surface area contributed by atoms with Gasteiger partial charge in [-0.1, -0.05) is 20.8 Å². The summed E-state index contributed by atoms with van der Waals surface area (Å²) in [5.74, 6) is 0.148. The fraction of sp³-hybridized carbons (Fsp3) is 0.929. The lowest BCUT2D eigenvalue weighted by molar-refractivity contribution is -0.160. The number of halogens is 1. The number of esters is 1. The van der Waals surface area contributed by atoms with Gasteiger partial charge in [-0.05, 0) is 44.9 Å². The van der Waals surface area contributed by atoms with E-state index in [0.29, 0.717) is 5.92 Å². The Morgan fingerprint density at radius 2 is 1.61 bits per heavy atom. The quantitative estimate of drug-likeness (QED) is 0.749. The fourth-order valence-corrected chi connectivity index (χ4v) is 2.69. The number of nitrogens with two attached hydrogens (primary N) is 1. The Labute approximate surface area is 117 Å². The maximum Gasteiger partial charge on any atom is 0.311 e. The molecule has 0 radical (unpaired) electrons. The van der Waals surface area contributed by atoms with Gasteiger partial charge in [-0.2, -0.15) is 0 Å². The normalized spacial score (nSPS) is 28.7. The van der Waals surface area contributed by atoms with Crippen LogP contribution in [0.3, 0.4) is 0 Å². The SMILES string of the molecule is CC(C)(C)OC(=O)[C@@H]1CC[C@@H](C(C)(C)C)[C@@H]1N.Cl. The highest BCUT2D eigenvalue weighted by atomic mass is 35.5. The van der Waals surface area contributed by atoms with Crippen molar-refractivity contribution >= 4 is 18.4 Å². The van der Waals surface area contributed by atoms with Gasteiger partial charge in [0.15, 0.2) is 0 Å². The highest BCUT2D eigenvalue weighted by Crippen LogP contribution is 2.42. The molecule has 1 fully saturated rings. The van der Waals surface area contributed by atoms with Crippen LogP contribution in [0, 0.1) is 17.3 Å². The summed E-state index contributed by atoms with van der Waals surface area (Å²) in [6.07, 6.45) is 1.88. The topological polar surface area (TPSA) is 52.3 Å². The first kappa shape index (κ1) is 17.7. The Hall–Kier alpha value is -0.280. The summed E-state index contributed by atoms with van der Waals surface area (Å²) in [5, 5.41) is 0. The first-order valence-electron chi connectivity index (χ1n) is 6.51. The van der Waals surface area contributed by atoms with Crippen molar-refractivity contribution < 1.29 is 9.53 Å². The summed E-state index contributed by atoms with van der Waals surface area (Å²) >= 11 is 0. The van der Waals surface area contributed by atoms with E-state index in [1.807, 2.05) is 20.8 Å². The van der Waals surface area contributed by atoms with Gasteiger partial charge < -0.3 is 10.5 Å². The number of hydrogen-bond acceptors (Lipinski definition) is 3. The predicted molar refractivity (Wildman–Crippen MR) is 76.7 cm³/mol. The standard InChI is InChI=1S/C14H27NO2.ClH/c1-13(2,3)10-8-7-9(11(10)15)12(16)17-14(4,5)6;/h9-11H,7-8,15H2,1-6H3;1H/t9-,10-,11-;/m1./s1. The van der Waals surface area contributed by atoms with Crippen LogP contribution in [0.25, 0.3) is 0 Å². The van der Waals surface area contributed by atoms with Gasteiger partial charge in [0, 0.05) is 6.04 Å². The molecule has 0 bridgehead atoms. The molecule has 108 valence electrons. The lowest BCUT2D eigenvalue weighted by Gasteiger charge is -2.32. The molecule has 0 aromatic heterocycles. The molecule has 1 aliphatic rings. The van der Waals surface area contributed by atoms with Crippen molar-refractivity contribution in [2.24, 2.45) is 23.0 Å². The van der Waals surface area contributed by atoms with E-state index >= 15 is 0 Å². The minimum Gasteiger partial charge on any atom is -0.460 e. The first-order chi connectivity index (χ1) is 7.52. The Morgan fingerprint density at radius 1 is 1.11 bits per heavy atom. The molecule has 0 heterocycles. The van der Waals surface area contributed by atoms with Crippen molar-refractivity contribution in [3.8, 4) is 0 Å². The highest BCUT2D eigenvalue weighted by Gasteiger charge is 2.44. The zero-order chi connectivity index (χ0) is 13.4. The molecule has 0 aromatic rings. The summed E-state index contributed by atoms with van der Waals surface area (Å²) in [7, 11) is 0. The third kappa shape index (κ3) is 4.43. The van der Waals surface area contributed by atoms with Crippen molar-refractivity contribution in [3.63, 3.8) is 0 Å². The number of hydrogen-bond donors (Lipinski definition) is 1. The molecule has 1 aliphatic carbocycles. The molecule has 0 amide bonds. The Morgan fingerprint density at radius 3 is 1.94 bits per heavy atom. The molecule has 0 unspecified atom stereocenters. The predicted octanol–water partition coefficient (Wildman–Crippen LogP) is 3.15. The van der Waals surface area contributed by atoms with E-state index in [2.05, 4.69) is 20.8 Å². The molecule has 1 saturated carbocycles. The second-order valence-electron chi connectivity index (χ2n) is 7.27. The second kappa shape index (κ2) is 5.79. The van der Waals surface area contributed by atoms with Gasteiger partial charge in [-0.3, -0.25) is 4.79 Å². The largest absolute Gasteiger partial charge is 0.460 e. The molecule has 3 atom stereocenters. The van der Waals surface area contributed by atoms with Gasteiger partial charge in [0.25, 0.3) is 0 Å². The maximum atomic E-state index is 12.0. The van der Waals surface area contributed by atoms with Crippen LogP contribution in [-0.2, 0) is 9.53 Å². The van der Waals surface area contributed by atoms with E-state index in [-0.39, 0.29) is 35.8 Å². The van der Waals surface area contributed by atoms with Crippen molar-refractivity contribution in [3.05, 3.63) is 0 Å². The van der Waals surface area contributed by atoms with Crippen LogP contribution in [0.1, 0.15) is 54.4 Å². The second-order valence-corrected chi connectivity index (χ2v) is 7.27. The van der Waals surface area contributed by atoms with Crippen LogP contribution >= 0.6 is 12.4 Å². The minimum absolute atomic E-state index is 0. The number of carbonyl (C=O) groups is 1. The summed E-state index contributed by atoms with van der Waals surface area (Å²) < 4.78 is 5.43. The molecular formula is C14H28ClNO2. The molecule has 18 heavy (non-hydrogen) atoms. The van der Waals surface area contributed by atoms with E-state index < -0.39 is 5.60 Å². The van der Waals surface area contributed by atoms with Crippen molar-refractivity contribution in [1.29, 1.82) is 0 Å². The molecule has 1 rings (SSSR count). The molecular weight excluding hydrogens is 250 g/mol. The van der Waals surface area contributed by atoms with E-state index in [4.69, 9.17) is 10.5 Å². The van der Waals surface area contributed by atoms with Gasteiger partial charge in [0.05, 0.1) is 5.92 Å². The van der Waals surface area contributed by atoms with Crippen LogP contribution in [0.4, 0.5) is 0 Å². The van der Waals surface area contributed by atoms with Gasteiger partial charge >= 0.3 is 5.97 Å². The van der Waals surface area contributed by atoms with E-state index in [1.165, 1.54) is 0 Å². The first-order valence-corrected chi connectivity index (χ1v) is 6.51. The van der Waals surface area contributed by atoms with Gasteiger partial charge in [0.2, 0.25) is 0 Å². The van der Waals surface area contributed by atoms with Gasteiger partial charge in [0.1, 0.15) is 5.60 Å². The van der Waals surface area contributed by atoms with E-state index in [1.54, 1.807) is 0 Å². The average Bonchev–Trinajstić information content (AvgIpc) is 2.42. The van der Waals surface area contributed by atoms with Crippen LogP contribution < -0.4 is 5.73 Å². The third-order valence-corrected chi connectivity index (χ3v) is 3.54. The highest BCUT2D eigenvalue weighted by molar-refractivity contribution is 5.85. The molecule has 0 spiro atoms. The van der Waals surface area contributed by atoms with Gasteiger partial charge in [-0.25, -0.2) is 0 Å². The lowest BCUT2D eigenvalue weighted by atomic mass is 9.77. The smallest absolute Gasteiger partial charge is 0.311 e. The van der Waals surface area contributed by atoms with E-state index in [9.17, 15) is 4.79 Å². The van der Waals surface area contributed by atoms with Crippen LogP contribution in [0.5, 0.6) is 0 Å². The summed E-state index contributed by atoms with van der Waals surface area (Å²) in [4.78, 5) is 12.0. The average molecular weight is 278 g/mol. The molecule has 3 nitrogen and oxygen atoms in total. The molecule has 4 heteroatoms.